The Hall–Kier alpha value is -3.06. The van der Waals surface area contributed by atoms with Crippen LogP contribution in [-0.4, -0.2) is 75.0 Å². The first-order valence-electron chi connectivity index (χ1n) is 15.5. The lowest BCUT2D eigenvalue weighted by Gasteiger charge is -2.40. The van der Waals surface area contributed by atoms with E-state index in [0.29, 0.717) is 25.6 Å². The smallest absolute Gasteiger partial charge is 0.324 e. The summed E-state index contributed by atoms with van der Waals surface area (Å²) in [6.45, 7) is 14.3. The van der Waals surface area contributed by atoms with E-state index in [1.807, 2.05) is 24.3 Å². The highest BCUT2D eigenvalue weighted by atomic mass is 16.5. The highest BCUT2D eigenvalue weighted by Gasteiger charge is 2.26. The number of nitrogens with zero attached hydrogens (tertiary/aromatic N) is 4. The third-order valence-corrected chi connectivity index (χ3v) is 8.54. The minimum atomic E-state index is -0.118. The fourth-order valence-electron chi connectivity index (χ4n) is 5.76. The van der Waals surface area contributed by atoms with Crippen LogP contribution in [0.5, 0.6) is 5.75 Å². The second-order valence-corrected chi connectivity index (χ2v) is 11.6. The van der Waals surface area contributed by atoms with Gasteiger partial charge in [0, 0.05) is 57.1 Å². The third-order valence-electron chi connectivity index (χ3n) is 8.54. The summed E-state index contributed by atoms with van der Waals surface area (Å²) in [4.78, 5) is 33.5. The molecule has 0 aliphatic carbocycles. The maximum absolute atomic E-state index is 13.6. The Balaban J connectivity index is 1.67. The standard InChI is InChI=1S/C34H52N4O3/c1-7-19-36(21-16-27(3)8-2)30-17-22-37(23-18-30)31-12-15-33(28(4)25-31)38(20-9-24-39)34(40)35(5)26-29-10-13-32(41-6)14-11-29/h10-15,24-25,27,30H,7-9,16-23,26H2,1-6H3. The Morgan fingerprint density at radius 3 is 2.37 bits per heavy atom. The molecule has 2 aromatic rings. The molecule has 1 heterocycles. The van der Waals surface area contributed by atoms with Crippen LogP contribution in [0.2, 0.25) is 0 Å². The number of hydrogen-bond donors (Lipinski definition) is 0. The van der Waals surface area contributed by atoms with Crippen LogP contribution >= 0.6 is 0 Å². The van der Waals surface area contributed by atoms with E-state index in [1.54, 1.807) is 24.0 Å². The van der Waals surface area contributed by atoms with Gasteiger partial charge in [-0.3, -0.25) is 4.90 Å². The number of methoxy groups -OCH3 is 1. The van der Waals surface area contributed by atoms with Gasteiger partial charge in [-0.15, -0.1) is 0 Å². The van der Waals surface area contributed by atoms with Crippen LogP contribution in [0.25, 0.3) is 0 Å². The maximum Gasteiger partial charge on any atom is 0.324 e. The summed E-state index contributed by atoms with van der Waals surface area (Å²) in [6.07, 6.45) is 7.28. The van der Waals surface area contributed by atoms with Gasteiger partial charge in [-0.1, -0.05) is 39.3 Å². The van der Waals surface area contributed by atoms with Crippen LogP contribution in [0.15, 0.2) is 42.5 Å². The second kappa shape index (κ2) is 16.4. The zero-order chi connectivity index (χ0) is 29.8. The zero-order valence-electron chi connectivity index (χ0n) is 26.3. The van der Waals surface area contributed by atoms with Gasteiger partial charge >= 0.3 is 6.03 Å². The average Bonchev–Trinajstić information content (AvgIpc) is 3.00. The Kier molecular flexibility index (Phi) is 13.0. The molecule has 3 rings (SSSR count). The lowest BCUT2D eigenvalue weighted by Crippen LogP contribution is -2.46. The zero-order valence-corrected chi connectivity index (χ0v) is 26.3. The van der Waals surface area contributed by atoms with Gasteiger partial charge in [0.1, 0.15) is 12.0 Å². The average molecular weight is 565 g/mol. The molecule has 1 saturated heterocycles. The SMILES string of the molecule is CCCN(CCC(C)CC)C1CCN(c2ccc(N(CCC=O)C(=O)N(C)Cc3ccc(OC)cc3)c(C)c2)CC1. The van der Waals surface area contributed by atoms with Gasteiger partial charge in [0.25, 0.3) is 0 Å². The molecule has 7 nitrogen and oxygen atoms in total. The van der Waals surface area contributed by atoms with Gasteiger partial charge in [-0.2, -0.15) is 0 Å². The molecule has 7 heteroatoms. The quantitative estimate of drug-likeness (QED) is 0.224. The number of anilines is 2. The molecular formula is C34H52N4O3. The number of ether oxygens (including phenoxy) is 1. The Morgan fingerprint density at radius 2 is 1.78 bits per heavy atom. The van der Waals surface area contributed by atoms with Gasteiger partial charge in [-0.05, 0) is 93.1 Å². The minimum Gasteiger partial charge on any atom is -0.497 e. The Morgan fingerprint density at radius 1 is 1.07 bits per heavy atom. The fourth-order valence-corrected chi connectivity index (χ4v) is 5.76. The minimum absolute atomic E-state index is 0.118. The van der Waals surface area contributed by atoms with E-state index in [4.69, 9.17) is 4.74 Å². The molecule has 0 radical (unpaired) electrons. The summed E-state index contributed by atoms with van der Waals surface area (Å²) in [5.74, 6) is 1.58. The summed E-state index contributed by atoms with van der Waals surface area (Å²) >= 11 is 0. The topological polar surface area (TPSA) is 56.3 Å². The lowest BCUT2D eigenvalue weighted by molar-refractivity contribution is -0.107. The number of benzene rings is 2. The molecule has 1 atom stereocenters. The molecule has 0 bridgehead atoms. The molecule has 2 amide bonds. The van der Waals surface area contributed by atoms with Gasteiger partial charge < -0.3 is 24.2 Å². The second-order valence-electron chi connectivity index (χ2n) is 11.6. The van der Waals surface area contributed by atoms with Crippen molar-refractivity contribution >= 4 is 23.7 Å². The number of amides is 2. The molecule has 0 spiro atoms. The van der Waals surface area contributed by atoms with Crippen molar-refractivity contribution in [1.29, 1.82) is 0 Å². The van der Waals surface area contributed by atoms with Gasteiger partial charge in [0.05, 0.1) is 7.11 Å². The van der Waals surface area contributed by atoms with Crippen molar-refractivity contribution in [1.82, 2.24) is 9.80 Å². The van der Waals surface area contributed by atoms with E-state index >= 15 is 0 Å². The van der Waals surface area contributed by atoms with Crippen molar-refractivity contribution in [2.24, 2.45) is 5.92 Å². The summed E-state index contributed by atoms with van der Waals surface area (Å²) < 4.78 is 5.25. The van der Waals surface area contributed by atoms with E-state index in [-0.39, 0.29) is 6.03 Å². The highest BCUT2D eigenvalue weighted by Crippen LogP contribution is 2.30. The van der Waals surface area contributed by atoms with Crippen LogP contribution < -0.4 is 14.5 Å². The number of rotatable bonds is 15. The summed E-state index contributed by atoms with van der Waals surface area (Å²) in [5.41, 5.74) is 4.13. The first-order chi connectivity index (χ1) is 19.8. The molecule has 1 aliphatic rings. The number of urea groups is 1. The molecule has 0 saturated carbocycles. The van der Waals surface area contributed by atoms with E-state index in [9.17, 15) is 9.59 Å². The largest absolute Gasteiger partial charge is 0.497 e. The number of carbonyl (C=O) groups excluding carboxylic acids is 2. The predicted octanol–water partition coefficient (Wildman–Crippen LogP) is 6.77. The fraction of sp³-hybridized carbons (Fsp3) is 0.588. The molecule has 1 fully saturated rings. The van der Waals surface area contributed by atoms with Crippen LogP contribution in [0.3, 0.4) is 0 Å². The molecule has 0 N–H and O–H groups in total. The Labute approximate surface area is 248 Å². The van der Waals surface area contributed by atoms with Gasteiger partial charge in [0.2, 0.25) is 0 Å². The molecule has 1 unspecified atom stereocenters. The third kappa shape index (κ3) is 9.22. The normalized spacial score (nSPS) is 14.7. The summed E-state index contributed by atoms with van der Waals surface area (Å²) in [6, 6.07) is 14.7. The molecule has 226 valence electrons. The van der Waals surface area contributed by atoms with Crippen molar-refractivity contribution in [2.75, 3.05) is 56.7 Å². The highest BCUT2D eigenvalue weighted by molar-refractivity contribution is 5.93. The van der Waals surface area contributed by atoms with E-state index < -0.39 is 0 Å². The van der Waals surface area contributed by atoms with Crippen molar-refractivity contribution in [3.05, 3.63) is 53.6 Å². The first kappa shape index (κ1) is 32.5. The number of hydrogen-bond acceptors (Lipinski definition) is 5. The van der Waals surface area contributed by atoms with Gasteiger partial charge in [-0.25, -0.2) is 4.79 Å². The van der Waals surface area contributed by atoms with E-state index in [0.717, 1.165) is 47.9 Å². The van der Waals surface area contributed by atoms with E-state index in [1.165, 1.54) is 50.9 Å². The van der Waals surface area contributed by atoms with Crippen molar-refractivity contribution in [3.8, 4) is 5.75 Å². The van der Waals surface area contributed by atoms with Crippen molar-refractivity contribution < 1.29 is 14.3 Å². The summed E-state index contributed by atoms with van der Waals surface area (Å²) in [7, 11) is 3.45. The summed E-state index contributed by atoms with van der Waals surface area (Å²) in [5, 5.41) is 0. The number of aryl methyl sites for hydroxylation is 1. The monoisotopic (exact) mass is 564 g/mol. The van der Waals surface area contributed by atoms with Crippen LogP contribution in [0.4, 0.5) is 16.2 Å². The molecule has 0 aromatic heterocycles. The lowest BCUT2D eigenvalue weighted by atomic mass is 9.99. The van der Waals surface area contributed by atoms with Gasteiger partial charge in [0.15, 0.2) is 0 Å². The molecule has 1 aliphatic heterocycles. The van der Waals surface area contributed by atoms with Crippen LogP contribution in [0.1, 0.15) is 70.4 Å². The van der Waals surface area contributed by atoms with Crippen molar-refractivity contribution in [2.45, 2.75) is 78.8 Å². The molecule has 41 heavy (non-hydrogen) atoms. The van der Waals surface area contributed by atoms with Crippen molar-refractivity contribution in [3.63, 3.8) is 0 Å². The van der Waals surface area contributed by atoms with Crippen LogP contribution in [0, 0.1) is 12.8 Å². The maximum atomic E-state index is 13.6. The number of aldehydes is 1. The first-order valence-corrected chi connectivity index (χ1v) is 15.5. The molecule has 2 aromatic carbocycles. The van der Waals surface area contributed by atoms with E-state index in [2.05, 4.69) is 55.7 Å². The number of piperidine rings is 1. The predicted molar refractivity (Wildman–Crippen MR) is 170 cm³/mol. The Bertz CT molecular complexity index is 1080. The molecular weight excluding hydrogens is 512 g/mol. The number of carbonyl (C=O) groups is 2. The van der Waals surface area contributed by atoms with Crippen LogP contribution in [-0.2, 0) is 11.3 Å².